The molecule has 0 spiro atoms. The molecule has 117 heavy (non-hydrogen) atoms. The summed E-state index contributed by atoms with van der Waals surface area (Å²) >= 11 is 18.9. The zero-order valence-electron chi connectivity index (χ0n) is 69.7. The highest BCUT2D eigenvalue weighted by Crippen LogP contribution is 2.36. The van der Waals surface area contributed by atoms with E-state index in [1.807, 2.05) is 90.9 Å². The van der Waals surface area contributed by atoms with Gasteiger partial charge in [0.25, 0.3) is 47.3 Å². The molecule has 0 aromatic heterocycles. The second-order valence-corrected chi connectivity index (χ2v) is 34.0. The molecule has 31 heteroatoms. The number of imide groups is 3. The summed E-state index contributed by atoms with van der Waals surface area (Å²) in [7, 11) is 0. The van der Waals surface area contributed by atoms with Crippen LogP contribution in [0.4, 0.5) is 42.8 Å². The zero-order chi connectivity index (χ0) is 87.6. The van der Waals surface area contributed by atoms with E-state index in [4.69, 9.17) is 49.0 Å². The van der Waals surface area contributed by atoms with Gasteiger partial charge in [0.15, 0.2) is 47.7 Å². The van der Waals surface area contributed by atoms with Gasteiger partial charge in [-0.15, -0.1) is 0 Å². The lowest BCUT2D eigenvalue weighted by Crippen LogP contribution is -2.55. The summed E-state index contributed by atoms with van der Waals surface area (Å²) in [6, 6.07) is 26.7. The van der Waals surface area contributed by atoms with Gasteiger partial charge < -0.3 is 51.4 Å². The van der Waals surface area contributed by atoms with Crippen molar-refractivity contribution in [2.45, 2.75) is 212 Å². The van der Waals surface area contributed by atoms with E-state index in [1.165, 1.54) is 56.9 Å². The molecule has 3 saturated heterocycles. The minimum atomic E-state index is -1.84. The van der Waals surface area contributed by atoms with Crippen molar-refractivity contribution >= 4 is 146 Å². The van der Waals surface area contributed by atoms with Crippen LogP contribution in [0.5, 0.6) is 11.5 Å². The number of nitrogens with one attached hydrogen (secondary N) is 7. The maximum absolute atomic E-state index is 14.0. The van der Waals surface area contributed by atoms with E-state index in [0.29, 0.717) is 56.1 Å². The minimum Gasteiger partial charge on any atom is -0.480 e. The van der Waals surface area contributed by atoms with Gasteiger partial charge in [-0.25, -0.2) is 29.1 Å². The van der Waals surface area contributed by atoms with Crippen LogP contribution in [-0.2, 0) is 64.0 Å². The SMILES string of the molecule is CCC(Oc1ccc(C)cc1C)C(=O)Nc1ccc(Cl)c(NC(=O)C(C(=O)C(C)(C)C)N2C(=O)NC(C)(C)C2=O)c1.CCOC1C(=O)N(C(C(=O)Nc2cc(NC(=O)C(CC)Oc3ccc(C)cc3C)ccc2Cl)C(=O)C(C)(C)C)C(=O)N1Cc1ccccc1.Cc1ccc(Cl)c(NC(=O)C(C(=O)C(C)(C)C)N2C(=O)NC(C)(C)C2=O)c1. The molecule has 6 atom stereocenters. The number of carbonyl (C=O) groups excluding carboxylic acids is 14. The first-order chi connectivity index (χ1) is 54.4. The normalized spacial score (nSPS) is 16.4. The van der Waals surface area contributed by atoms with Crippen LogP contribution >= 0.6 is 34.8 Å². The molecule has 0 bridgehead atoms. The van der Waals surface area contributed by atoms with Gasteiger partial charge in [0.05, 0.1) is 38.7 Å². The fraction of sp³-hybridized carbons (Fsp3) is 0.419. The monoisotopic (exact) mass is 1670 g/mol. The van der Waals surface area contributed by atoms with Crippen LogP contribution in [0, 0.1) is 50.9 Å². The van der Waals surface area contributed by atoms with Crippen molar-refractivity contribution in [2.75, 3.05) is 33.2 Å². The highest BCUT2D eigenvalue weighted by Gasteiger charge is 2.57. The predicted molar refractivity (Wildman–Crippen MR) is 447 cm³/mol. The van der Waals surface area contributed by atoms with Gasteiger partial charge >= 0.3 is 18.1 Å². The van der Waals surface area contributed by atoms with Crippen molar-refractivity contribution in [1.29, 1.82) is 0 Å². The van der Waals surface area contributed by atoms with Crippen molar-refractivity contribution in [1.82, 2.24) is 30.2 Å². The van der Waals surface area contributed by atoms with Crippen molar-refractivity contribution in [3.05, 3.63) is 170 Å². The number of hydrogen-bond donors (Lipinski definition) is 7. The van der Waals surface area contributed by atoms with E-state index in [-0.39, 0.29) is 39.6 Å². The number of rotatable bonds is 26. The van der Waals surface area contributed by atoms with Gasteiger partial charge in [-0.3, -0.25) is 57.6 Å². The first kappa shape index (κ1) is 93.1. The lowest BCUT2D eigenvalue weighted by atomic mass is 9.85. The van der Waals surface area contributed by atoms with Gasteiger partial charge in [0, 0.05) is 34.2 Å². The smallest absolute Gasteiger partial charge is 0.330 e. The van der Waals surface area contributed by atoms with Crippen molar-refractivity contribution in [2.24, 2.45) is 16.2 Å². The molecule has 0 radical (unpaired) electrons. The minimum absolute atomic E-state index is 0.0180. The molecule has 6 unspecified atom stereocenters. The summed E-state index contributed by atoms with van der Waals surface area (Å²) < 4.78 is 17.6. The Kier molecular flexibility index (Phi) is 30.2. The molecule has 6 aromatic carbocycles. The van der Waals surface area contributed by atoms with E-state index >= 15 is 0 Å². The van der Waals surface area contributed by atoms with Crippen LogP contribution in [-0.4, -0.2) is 157 Å². The Hall–Kier alpha value is -11.1. The van der Waals surface area contributed by atoms with Gasteiger partial charge in [0.2, 0.25) is 6.23 Å². The van der Waals surface area contributed by atoms with Crippen molar-refractivity contribution < 1.29 is 81.3 Å². The number of nitrogens with zero attached hydrogens (tertiary/aromatic N) is 4. The fourth-order valence-corrected chi connectivity index (χ4v) is 12.9. The van der Waals surface area contributed by atoms with Crippen LogP contribution in [0.2, 0.25) is 15.1 Å². The van der Waals surface area contributed by atoms with Gasteiger partial charge in [-0.2, -0.15) is 0 Å². The van der Waals surface area contributed by atoms with Crippen molar-refractivity contribution in [3.8, 4) is 11.5 Å². The number of ether oxygens (including phenoxy) is 3. The first-order valence-electron chi connectivity index (χ1n) is 38.0. The molecule has 3 aliphatic heterocycles. The van der Waals surface area contributed by atoms with Gasteiger partial charge in [-0.05, 0) is 165 Å². The topological polar surface area (TPSA) is 364 Å². The average molecular weight is 1670 g/mol. The summed E-state index contributed by atoms with van der Waals surface area (Å²) in [4.78, 5) is 189. The number of Topliss-reactive ketones (excluding diaryl/α,β-unsaturated/α-hetero) is 3. The summed E-state index contributed by atoms with van der Waals surface area (Å²) in [6.45, 7) is 35.4. The number of aryl methyl sites for hydroxylation is 5. The Balaban J connectivity index is 0.000000252. The van der Waals surface area contributed by atoms with Crippen LogP contribution in [0.1, 0.15) is 157 Å². The summed E-state index contributed by atoms with van der Waals surface area (Å²) in [5.74, 6) is -6.32. The van der Waals surface area contributed by atoms with Crippen LogP contribution < -0.4 is 46.7 Å². The molecular formula is C86H104Cl3N11O17. The second kappa shape index (κ2) is 37.9. The van der Waals surface area contributed by atoms with Crippen LogP contribution in [0.3, 0.4) is 0 Å². The highest BCUT2D eigenvalue weighted by atomic mass is 35.5. The average Bonchev–Trinajstić information content (AvgIpc) is 1.64. The quantitative estimate of drug-likeness (QED) is 0.0196. The summed E-state index contributed by atoms with van der Waals surface area (Å²) in [5, 5.41) is 18.8. The molecule has 3 heterocycles. The number of carbonyl (C=O) groups is 14. The number of halogens is 3. The number of benzene rings is 6. The second-order valence-electron chi connectivity index (χ2n) is 32.8. The fourth-order valence-electron chi connectivity index (χ4n) is 12.4. The molecule has 14 amide bonds. The molecule has 28 nitrogen and oxygen atoms in total. The van der Waals surface area contributed by atoms with E-state index in [9.17, 15) is 67.1 Å². The number of hydrogen-bond acceptors (Lipinski definition) is 17. The predicted octanol–water partition coefficient (Wildman–Crippen LogP) is 14.4. The first-order valence-corrected chi connectivity index (χ1v) is 39.1. The largest absolute Gasteiger partial charge is 0.480 e. The van der Waals surface area contributed by atoms with Gasteiger partial charge in [0.1, 0.15) is 22.6 Å². The van der Waals surface area contributed by atoms with E-state index < -0.39 is 147 Å². The number of amides is 14. The molecule has 6 aromatic rings. The molecule has 626 valence electrons. The molecule has 3 aliphatic rings. The molecule has 0 aliphatic carbocycles. The Bertz CT molecular complexity index is 4880. The number of urea groups is 3. The standard InChI is InChI=1S/C37H43ClN4O7.C30H37ClN4O6.C19H24ClN3O4/c1-8-28(49-29-18-15-22(3)19-23(29)4)32(44)39-25-16-17-26(38)27(20-25)40-33(45)30(31(43)37(5,6)7)42-34(46)35(48-9-2)41(36(42)47)21-24-13-11-10-12-14-24;1-9-21(41-22-13-10-16(2)14-17(22)3)25(37)32-18-11-12-19(31)20(15-18)33-26(38)23(24(36)29(4,5)6)35-27(39)30(7,8)34-28(35)40;1-10-7-8-11(20)12(9-10)21-15(25)13(14(24)18(2,3)4)23-16(26)19(5,6)22-17(23)27/h10-20,28,30,35H,8-9,21H2,1-7H3,(H,39,44)(H,40,45);10-15,21,23H,9H2,1-8H3,(H,32,37)(H,33,38)(H,34,40);7-9,13H,1-6H3,(H,21,25)(H,22,27). The lowest BCUT2D eigenvalue weighted by Gasteiger charge is -2.29. The third kappa shape index (κ3) is 22.8. The summed E-state index contributed by atoms with van der Waals surface area (Å²) in [5.41, 5.74) is 0.960. The van der Waals surface area contributed by atoms with Crippen molar-refractivity contribution in [3.63, 3.8) is 0 Å². The zero-order valence-corrected chi connectivity index (χ0v) is 72.0. The Morgan fingerprint density at radius 3 is 1.12 bits per heavy atom. The maximum Gasteiger partial charge on any atom is 0.330 e. The third-order valence-corrected chi connectivity index (χ3v) is 19.8. The molecule has 0 saturated carbocycles. The summed E-state index contributed by atoms with van der Waals surface area (Å²) in [6.07, 6.45) is -2.15. The number of anilines is 5. The maximum atomic E-state index is 14.0. The Morgan fingerprint density at radius 1 is 0.444 bits per heavy atom. The molecule has 9 rings (SSSR count). The van der Waals surface area contributed by atoms with E-state index in [1.54, 1.807) is 124 Å². The van der Waals surface area contributed by atoms with Crippen LogP contribution in [0.25, 0.3) is 0 Å². The molecule has 7 N–H and O–H groups in total. The van der Waals surface area contributed by atoms with Crippen LogP contribution in [0.15, 0.2) is 121 Å². The van der Waals surface area contributed by atoms with E-state index in [2.05, 4.69) is 37.2 Å². The Labute approximate surface area is 696 Å². The Morgan fingerprint density at radius 2 is 0.786 bits per heavy atom. The number of ketones is 3. The van der Waals surface area contributed by atoms with Gasteiger partial charge in [-0.1, -0.05) is 183 Å². The highest BCUT2D eigenvalue weighted by molar-refractivity contribution is 6.35. The van der Waals surface area contributed by atoms with E-state index in [0.717, 1.165) is 33.4 Å². The third-order valence-electron chi connectivity index (χ3n) is 18.9. The molecular weight excluding hydrogens is 1570 g/mol. The molecule has 3 fully saturated rings. The lowest BCUT2D eigenvalue weighted by molar-refractivity contribution is -0.149.